The number of nitrogens with two attached hydrogens (primary N) is 1. The fourth-order valence-corrected chi connectivity index (χ4v) is 2.95. The lowest BCUT2D eigenvalue weighted by molar-refractivity contribution is -0.121. The summed E-state index contributed by atoms with van der Waals surface area (Å²) in [5.41, 5.74) is 0. The van der Waals surface area contributed by atoms with Gasteiger partial charge in [-0.3, -0.25) is 4.79 Å². The molecule has 7 heteroatoms. The maximum atomic E-state index is 11.4. The molecule has 0 atom stereocenters. The van der Waals surface area contributed by atoms with Gasteiger partial charge in [-0.15, -0.1) is 11.3 Å². The van der Waals surface area contributed by atoms with Crippen molar-refractivity contribution < 1.29 is 13.2 Å². The molecule has 0 saturated carbocycles. The summed E-state index contributed by atoms with van der Waals surface area (Å²) >= 11 is 1.07. The molecule has 0 aliphatic carbocycles. The van der Waals surface area contributed by atoms with E-state index in [9.17, 15) is 13.2 Å². The van der Waals surface area contributed by atoms with Crippen molar-refractivity contribution in [3.8, 4) is 0 Å². The SMILES string of the molecule is CC(C)CC(=O)NCc1ccc(S(N)(=O)=O)s1. The van der Waals surface area contributed by atoms with Crippen LogP contribution < -0.4 is 10.5 Å². The largest absolute Gasteiger partial charge is 0.351 e. The standard InChI is InChI=1S/C10H16N2O3S2/c1-7(2)5-9(13)12-6-8-3-4-10(16-8)17(11,14)15/h3-4,7H,5-6H2,1-2H3,(H,12,13)(H2,11,14,15). The minimum atomic E-state index is -3.63. The molecule has 17 heavy (non-hydrogen) atoms. The summed E-state index contributed by atoms with van der Waals surface area (Å²) < 4.78 is 22.2. The van der Waals surface area contributed by atoms with Crippen molar-refractivity contribution in [1.29, 1.82) is 0 Å². The summed E-state index contributed by atoms with van der Waals surface area (Å²) in [5, 5.41) is 7.72. The summed E-state index contributed by atoms with van der Waals surface area (Å²) in [7, 11) is -3.63. The number of nitrogens with one attached hydrogen (secondary N) is 1. The van der Waals surface area contributed by atoms with Crippen molar-refractivity contribution in [3.63, 3.8) is 0 Å². The van der Waals surface area contributed by atoms with E-state index in [-0.39, 0.29) is 10.1 Å². The highest BCUT2D eigenvalue weighted by atomic mass is 32.2. The molecule has 0 bridgehead atoms. The molecule has 96 valence electrons. The molecule has 3 N–H and O–H groups in total. The fourth-order valence-electron chi connectivity index (χ4n) is 1.23. The minimum Gasteiger partial charge on any atom is -0.351 e. The predicted octanol–water partition coefficient (Wildman–Crippen LogP) is 1.06. The van der Waals surface area contributed by atoms with E-state index in [4.69, 9.17) is 5.14 Å². The summed E-state index contributed by atoms with van der Waals surface area (Å²) in [6.45, 7) is 4.26. The third kappa shape index (κ3) is 4.84. The number of hydrogen-bond donors (Lipinski definition) is 2. The molecule has 1 rings (SSSR count). The number of thiophene rings is 1. The second kappa shape index (κ2) is 5.61. The van der Waals surface area contributed by atoms with E-state index >= 15 is 0 Å². The first-order chi connectivity index (χ1) is 7.79. The van der Waals surface area contributed by atoms with Crippen LogP contribution in [0.3, 0.4) is 0 Å². The highest BCUT2D eigenvalue weighted by Gasteiger charge is 2.11. The Kier molecular flexibility index (Phi) is 4.67. The molecule has 0 unspecified atom stereocenters. The van der Waals surface area contributed by atoms with Gasteiger partial charge in [0.1, 0.15) is 4.21 Å². The van der Waals surface area contributed by atoms with E-state index in [0.29, 0.717) is 18.9 Å². The van der Waals surface area contributed by atoms with Crippen LogP contribution in [0.15, 0.2) is 16.3 Å². The first-order valence-corrected chi connectivity index (χ1v) is 7.53. The quantitative estimate of drug-likeness (QED) is 0.842. The molecule has 0 aliphatic heterocycles. The Morgan fingerprint density at radius 1 is 1.47 bits per heavy atom. The zero-order valence-corrected chi connectivity index (χ0v) is 11.4. The van der Waals surface area contributed by atoms with Gasteiger partial charge in [0.2, 0.25) is 15.9 Å². The zero-order chi connectivity index (χ0) is 13.1. The van der Waals surface area contributed by atoms with E-state index in [2.05, 4.69) is 5.32 Å². The Morgan fingerprint density at radius 3 is 2.59 bits per heavy atom. The molecule has 0 aromatic carbocycles. The monoisotopic (exact) mass is 276 g/mol. The van der Waals surface area contributed by atoms with Gasteiger partial charge >= 0.3 is 0 Å². The van der Waals surface area contributed by atoms with Gasteiger partial charge in [0.15, 0.2) is 0 Å². The van der Waals surface area contributed by atoms with Gasteiger partial charge in [-0.2, -0.15) is 0 Å². The van der Waals surface area contributed by atoms with Crippen LogP contribution >= 0.6 is 11.3 Å². The molecular weight excluding hydrogens is 260 g/mol. The first kappa shape index (κ1) is 14.1. The Balaban J connectivity index is 2.54. The molecule has 0 fully saturated rings. The van der Waals surface area contributed by atoms with Crippen LogP contribution in [0.2, 0.25) is 0 Å². The van der Waals surface area contributed by atoms with Crippen molar-refractivity contribution in [1.82, 2.24) is 5.32 Å². The van der Waals surface area contributed by atoms with Crippen molar-refractivity contribution in [3.05, 3.63) is 17.0 Å². The summed E-state index contributed by atoms with van der Waals surface area (Å²) in [4.78, 5) is 12.2. The van der Waals surface area contributed by atoms with Crippen LogP contribution in [0.25, 0.3) is 0 Å². The van der Waals surface area contributed by atoms with Gasteiger partial charge in [-0.25, -0.2) is 13.6 Å². The molecule has 0 aliphatic rings. The van der Waals surface area contributed by atoms with Crippen molar-refractivity contribution >= 4 is 27.3 Å². The zero-order valence-electron chi connectivity index (χ0n) is 9.76. The highest BCUT2D eigenvalue weighted by molar-refractivity contribution is 7.91. The maximum absolute atomic E-state index is 11.4. The molecule has 5 nitrogen and oxygen atoms in total. The maximum Gasteiger partial charge on any atom is 0.247 e. The average Bonchev–Trinajstić information content (AvgIpc) is 2.61. The average molecular weight is 276 g/mol. The number of rotatable bonds is 5. The van der Waals surface area contributed by atoms with Gasteiger partial charge in [0.05, 0.1) is 6.54 Å². The van der Waals surface area contributed by atoms with Gasteiger partial charge in [-0.05, 0) is 18.1 Å². The molecule has 1 heterocycles. The molecule has 1 aromatic rings. The van der Waals surface area contributed by atoms with Crippen LogP contribution in [-0.4, -0.2) is 14.3 Å². The number of primary sulfonamides is 1. The Morgan fingerprint density at radius 2 is 2.12 bits per heavy atom. The van der Waals surface area contributed by atoms with E-state index in [1.807, 2.05) is 13.8 Å². The lowest BCUT2D eigenvalue weighted by Crippen LogP contribution is -2.23. The normalized spacial score (nSPS) is 11.8. The van der Waals surface area contributed by atoms with E-state index in [0.717, 1.165) is 16.2 Å². The third-order valence-electron chi connectivity index (χ3n) is 1.97. The highest BCUT2D eigenvalue weighted by Crippen LogP contribution is 2.19. The van der Waals surface area contributed by atoms with Crippen LogP contribution in [0, 0.1) is 5.92 Å². The lowest BCUT2D eigenvalue weighted by atomic mass is 10.1. The number of carbonyl (C=O) groups excluding carboxylic acids is 1. The van der Waals surface area contributed by atoms with Crippen molar-refractivity contribution in [2.75, 3.05) is 0 Å². The van der Waals surface area contributed by atoms with Crippen molar-refractivity contribution in [2.45, 2.75) is 31.0 Å². The van der Waals surface area contributed by atoms with Gasteiger partial charge in [-0.1, -0.05) is 13.8 Å². The predicted molar refractivity (Wildman–Crippen MR) is 67.0 cm³/mol. The number of amides is 1. The third-order valence-corrected chi connectivity index (χ3v) is 4.49. The Bertz CT molecular complexity index is 491. The number of sulfonamides is 1. The van der Waals surface area contributed by atoms with Crippen LogP contribution in [0.1, 0.15) is 25.1 Å². The fraction of sp³-hybridized carbons (Fsp3) is 0.500. The first-order valence-electron chi connectivity index (χ1n) is 5.17. The summed E-state index contributed by atoms with van der Waals surface area (Å²) in [6.07, 6.45) is 0.466. The van der Waals surface area contributed by atoms with Gasteiger partial charge in [0.25, 0.3) is 0 Å². The topological polar surface area (TPSA) is 89.3 Å². The van der Waals surface area contributed by atoms with Crippen LogP contribution in [0.4, 0.5) is 0 Å². The molecule has 0 saturated heterocycles. The smallest absolute Gasteiger partial charge is 0.247 e. The van der Waals surface area contributed by atoms with Crippen LogP contribution in [0.5, 0.6) is 0 Å². The minimum absolute atomic E-state index is 0.0365. The molecule has 1 aromatic heterocycles. The molecular formula is C10H16N2O3S2. The molecule has 1 amide bonds. The van der Waals surface area contributed by atoms with Gasteiger partial charge < -0.3 is 5.32 Å². The number of hydrogen-bond acceptors (Lipinski definition) is 4. The van der Waals surface area contributed by atoms with E-state index in [1.54, 1.807) is 6.07 Å². The summed E-state index contributed by atoms with van der Waals surface area (Å²) in [5.74, 6) is 0.267. The second-order valence-electron chi connectivity index (χ2n) is 4.14. The molecule has 0 radical (unpaired) electrons. The number of carbonyl (C=O) groups is 1. The molecule has 0 spiro atoms. The summed E-state index contributed by atoms with van der Waals surface area (Å²) in [6, 6.07) is 3.10. The van der Waals surface area contributed by atoms with Gasteiger partial charge in [0, 0.05) is 11.3 Å². The van der Waals surface area contributed by atoms with E-state index in [1.165, 1.54) is 6.07 Å². The lowest BCUT2D eigenvalue weighted by Gasteiger charge is -2.05. The van der Waals surface area contributed by atoms with Crippen molar-refractivity contribution in [2.24, 2.45) is 11.1 Å². The van der Waals surface area contributed by atoms with E-state index < -0.39 is 10.0 Å². The van der Waals surface area contributed by atoms with Crippen LogP contribution in [-0.2, 0) is 21.4 Å². The Hall–Kier alpha value is -0.920. The Labute approximate surface area is 105 Å². The second-order valence-corrected chi connectivity index (χ2v) is 7.10.